The lowest BCUT2D eigenvalue weighted by atomic mass is 10.1. The smallest absolute Gasteiger partial charge is 0.147 e. The second-order valence-electron chi connectivity index (χ2n) is 3.51. The second-order valence-corrected chi connectivity index (χ2v) is 5.55. The van der Waals surface area contributed by atoms with Crippen LogP contribution in [-0.4, -0.2) is 19.5 Å². The van der Waals surface area contributed by atoms with Crippen molar-refractivity contribution in [3.05, 3.63) is 25.6 Å². The Kier molecular flexibility index (Phi) is 4.17. The molecule has 2 N–H and O–H groups in total. The van der Waals surface area contributed by atoms with Crippen molar-refractivity contribution >= 4 is 51.0 Å². The number of hydrogen-bond donors (Lipinski definition) is 1. The lowest BCUT2D eigenvalue weighted by Gasteiger charge is -2.10. The molecule has 2 heterocycles. The number of nitrogens with two attached hydrogens (primary N) is 1. The van der Waals surface area contributed by atoms with Crippen molar-refractivity contribution in [3.63, 3.8) is 0 Å². The van der Waals surface area contributed by atoms with Crippen molar-refractivity contribution in [1.82, 2.24) is 19.5 Å². The molecule has 0 radical (unpaired) electrons. The molecule has 0 spiro atoms. The Morgan fingerprint density at radius 3 is 2.65 bits per heavy atom. The van der Waals surface area contributed by atoms with Crippen LogP contribution in [0.1, 0.15) is 18.9 Å². The molecule has 2 aromatic rings. The van der Waals surface area contributed by atoms with Crippen LogP contribution in [0.25, 0.3) is 5.82 Å². The molecule has 0 aromatic carbocycles. The number of nitrogen functional groups attached to an aromatic ring is 1. The Hall–Kier alpha value is -0.450. The van der Waals surface area contributed by atoms with E-state index in [4.69, 9.17) is 5.73 Å². The molecule has 0 bridgehead atoms. The summed E-state index contributed by atoms with van der Waals surface area (Å²) in [5.74, 6) is 1.38. The largest absolute Gasteiger partial charge is 0.383 e. The van der Waals surface area contributed by atoms with E-state index in [1.54, 1.807) is 6.33 Å². The Labute approximate surface area is 127 Å². The van der Waals surface area contributed by atoms with Crippen molar-refractivity contribution < 1.29 is 0 Å². The molecule has 7 heteroatoms. The first-order chi connectivity index (χ1) is 8.15. The number of hydrogen-bond acceptors (Lipinski definition) is 4. The van der Waals surface area contributed by atoms with Gasteiger partial charge in [-0.15, -0.1) is 0 Å². The molecule has 0 unspecified atom stereocenters. The molecular formula is C10H11I2N5. The minimum atomic E-state index is 0.552. The number of imidazole rings is 1. The zero-order valence-corrected chi connectivity index (χ0v) is 13.5. The minimum Gasteiger partial charge on any atom is -0.383 e. The Balaban J connectivity index is 2.59. The summed E-state index contributed by atoms with van der Waals surface area (Å²) in [6.07, 6.45) is 5.14. The average Bonchev–Trinajstić information content (AvgIpc) is 2.63. The monoisotopic (exact) mass is 455 g/mol. The molecule has 2 rings (SSSR count). The molecule has 0 amide bonds. The molecule has 90 valence electrons. The molecule has 0 saturated carbocycles. The van der Waals surface area contributed by atoms with Crippen LogP contribution in [0.4, 0.5) is 5.82 Å². The highest BCUT2D eigenvalue weighted by Crippen LogP contribution is 2.22. The van der Waals surface area contributed by atoms with Gasteiger partial charge < -0.3 is 5.73 Å². The van der Waals surface area contributed by atoms with Crippen LogP contribution in [0.5, 0.6) is 0 Å². The van der Waals surface area contributed by atoms with Crippen LogP contribution < -0.4 is 5.73 Å². The van der Waals surface area contributed by atoms with E-state index in [0.717, 1.165) is 31.6 Å². The average molecular weight is 455 g/mol. The number of nitrogens with zero attached hydrogens (tertiary/aromatic N) is 4. The van der Waals surface area contributed by atoms with E-state index < -0.39 is 0 Å². The van der Waals surface area contributed by atoms with Gasteiger partial charge in [-0.25, -0.2) is 15.0 Å². The Morgan fingerprint density at radius 1 is 1.29 bits per heavy atom. The van der Waals surface area contributed by atoms with Crippen LogP contribution >= 0.6 is 45.2 Å². The first-order valence-electron chi connectivity index (χ1n) is 5.13. The van der Waals surface area contributed by atoms with Crippen LogP contribution in [0.15, 0.2) is 12.7 Å². The lowest BCUT2D eigenvalue weighted by Crippen LogP contribution is -2.08. The molecule has 2 aromatic heterocycles. The van der Waals surface area contributed by atoms with Crippen LogP contribution in [0.3, 0.4) is 0 Å². The van der Waals surface area contributed by atoms with Gasteiger partial charge in [-0.2, -0.15) is 0 Å². The van der Waals surface area contributed by atoms with E-state index in [9.17, 15) is 0 Å². The quantitative estimate of drug-likeness (QED) is 0.723. The van der Waals surface area contributed by atoms with E-state index in [2.05, 4.69) is 67.1 Å². The fourth-order valence-corrected chi connectivity index (χ4v) is 2.45. The summed E-state index contributed by atoms with van der Waals surface area (Å²) >= 11 is 4.45. The van der Waals surface area contributed by atoms with Gasteiger partial charge in [-0.1, -0.05) is 13.3 Å². The fourth-order valence-electron chi connectivity index (χ4n) is 1.57. The zero-order valence-electron chi connectivity index (χ0n) is 9.19. The maximum atomic E-state index is 5.91. The van der Waals surface area contributed by atoms with Crippen molar-refractivity contribution in [2.45, 2.75) is 19.8 Å². The molecule has 0 fully saturated rings. The molecule has 0 aliphatic heterocycles. The van der Waals surface area contributed by atoms with Gasteiger partial charge in [0.1, 0.15) is 31.7 Å². The standard InChI is InChI=1S/C10H11I2N5/c1-2-3-6-9(13)14-4-15-10(6)17-5-16-7(11)8(17)12/h4-5H,2-3H2,1H3,(H2,13,14,15). The fraction of sp³-hybridized carbons (Fsp3) is 0.300. The third-order valence-electron chi connectivity index (χ3n) is 2.35. The van der Waals surface area contributed by atoms with Gasteiger partial charge in [0.2, 0.25) is 0 Å². The van der Waals surface area contributed by atoms with Gasteiger partial charge in [-0.05, 0) is 51.6 Å². The Morgan fingerprint density at radius 2 is 2.06 bits per heavy atom. The summed E-state index contributed by atoms with van der Waals surface area (Å²) in [4.78, 5) is 12.6. The topological polar surface area (TPSA) is 69.6 Å². The lowest BCUT2D eigenvalue weighted by molar-refractivity contribution is 0.858. The third-order valence-corrected chi connectivity index (χ3v) is 5.20. The number of halogens is 2. The maximum absolute atomic E-state index is 5.91. The minimum absolute atomic E-state index is 0.552. The number of rotatable bonds is 3. The molecule has 17 heavy (non-hydrogen) atoms. The van der Waals surface area contributed by atoms with Gasteiger partial charge in [0.05, 0.1) is 0 Å². The zero-order chi connectivity index (χ0) is 12.4. The summed E-state index contributed by atoms with van der Waals surface area (Å²) in [7, 11) is 0. The number of anilines is 1. The highest BCUT2D eigenvalue weighted by Gasteiger charge is 2.14. The van der Waals surface area contributed by atoms with Gasteiger partial charge in [0.25, 0.3) is 0 Å². The SMILES string of the molecule is CCCc1c(N)ncnc1-n1cnc(I)c1I. The summed E-state index contributed by atoms with van der Waals surface area (Å²) in [5, 5.41) is 0. The molecule has 0 aliphatic carbocycles. The first kappa shape index (κ1) is 13.0. The van der Waals surface area contributed by atoms with Gasteiger partial charge in [0, 0.05) is 5.56 Å². The predicted molar refractivity (Wildman–Crippen MR) is 83.0 cm³/mol. The highest BCUT2D eigenvalue weighted by atomic mass is 127. The van der Waals surface area contributed by atoms with Crippen LogP contribution in [0.2, 0.25) is 0 Å². The summed E-state index contributed by atoms with van der Waals surface area (Å²) in [5.41, 5.74) is 6.90. The molecule has 0 atom stereocenters. The summed E-state index contributed by atoms with van der Waals surface area (Å²) in [6, 6.07) is 0. The van der Waals surface area contributed by atoms with Gasteiger partial charge in [0.15, 0.2) is 0 Å². The molecular weight excluding hydrogens is 444 g/mol. The summed E-state index contributed by atoms with van der Waals surface area (Å²) in [6.45, 7) is 2.11. The van der Waals surface area contributed by atoms with Crippen molar-refractivity contribution in [1.29, 1.82) is 0 Å². The van der Waals surface area contributed by atoms with Crippen molar-refractivity contribution in [2.75, 3.05) is 5.73 Å². The Bertz CT molecular complexity index is 537. The summed E-state index contributed by atoms with van der Waals surface area (Å²) < 4.78 is 3.95. The van der Waals surface area contributed by atoms with E-state index in [-0.39, 0.29) is 0 Å². The van der Waals surface area contributed by atoms with Gasteiger partial charge >= 0.3 is 0 Å². The molecule has 0 aliphatic rings. The predicted octanol–water partition coefficient (Wildman–Crippen LogP) is 2.41. The third kappa shape index (κ3) is 2.54. The van der Waals surface area contributed by atoms with E-state index in [1.165, 1.54) is 6.33 Å². The first-order valence-corrected chi connectivity index (χ1v) is 7.29. The highest BCUT2D eigenvalue weighted by molar-refractivity contribution is 14.1. The molecule has 5 nitrogen and oxygen atoms in total. The molecule has 0 saturated heterocycles. The van der Waals surface area contributed by atoms with Crippen molar-refractivity contribution in [2.24, 2.45) is 0 Å². The van der Waals surface area contributed by atoms with Crippen LogP contribution in [0, 0.1) is 7.40 Å². The van der Waals surface area contributed by atoms with E-state index in [1.807, 2.05) is 4.57 Å². The van der Waals surface area contributed by atoms with E-state index in [0.29, 0.717) is 5.82 Å². The van der Waals surface area contributed by atoms with Gasteiger partial charge in [-0.3, -0.25) is 4.57 Å². The number of aromatic nitrogens is 4. The normalized spacial score (nSPS) is 10.8. The maximum Gasteiger partial charge on any atom is 0.147 e. The van der Waals surface area contributed by atoms with E-state index >= 15 is 0 Å². The second kappa shape index (κ2) is 5.46. The van der Waals surface area contributed by atoms with Crippen LogP contribution in [-0.2, 0) is 6.42 Å². The van der Waals surface area contributed by atoms with Crippen molar-refractivity contribution in [3.8, 4) is 5.82 Å².